The minimum atomic E-state index is -0.229. The summed E-state index contributed by atoms with van der Waals surface area (Å²) in [6, 6.07) is 13.0. The molecule has 6 heteroatoms. The third-order valence-corrected chi connectivity index (χ3v) is 5.15. The minimum absolute atomic E-state index is 0.0129. The SMILES string of the molecule is O=C(COc1ccc2c(c1)CCC2)Nc1ccc(C(=O)N2CCOCC2)cc1. The number of carbonyl (C=O) groups excluding carboxylic acids is 2. The summed E-state index contributed by atoms with van der Waals surface area (Å²) < 4.78 is 10.9. The van der Waals surface area contributed by atoms with E-state index >= 15 is 0 Å². The van der Waals surface area contributed by atoms with E-state index in [9.17, 15) is 9.59 Å². The monoisotopic (exact) mass is 380 g/mol. The van der Waals surface area contributed by atoms with Crippen molar-refractivity contribution in [3.8, 4) is 5.75 Å². The summed E-state index contributed by atoms with van der Waals surface area (Å²) in [7, 11) is 0. The number of hydrogen-bond acceptors (Lipinski definition) is 4. The third kappa shape index (κ3) is 4.34. The van der Waals surface area contributed by atoms with E-state index in [-0.39, 0.29) is 18.4 Å². The molecule has 0 atom stereocenters. The van der Waals surface area contributed by atoms with Crippen LogP contribution in [0.3, 0.4) is 0 Å². The van der Waals surface area contributed by atoms with Gasteiger partial charge in [-0.2, -0.15) is 0 Å². The number of morpholine rings is 1. The largest absolute Gasteiger partial charge is 0.484 e. The number of carbonyl (C=O) groups is 2. The van der Waals surface area contributed by atoms with Gasteiger partial charge in [0.15, 0.2) is 6.61 Å². The molecule has 1 saturated heterocycles. The van der Waals surface area contributed by atoms with Crippen molar-refractivity contribution in [2.24, 2.45) is 0 Å². The molecule has 146 valence electrons. The minimum Gasteiger partial charge on any atom is -0.484 e. The van der Waals surface area contributed by atoms with E-state index in [1.165, 1.54) is 17.5 Å². The molecule has 0 aromatic heterocycles. The maximum absolute atomic E-state index is 12.4. The molecule has 2 aliphatic rings. The maximum atomic E-state index is 12.4. The van der Waals surface area contributed by atoms with Crippen molar-refractivity contribution in [1.29, 1.82) is 0 Å². The molecular formula is C22H24N2O4. The average Bonchev–Trinajstić information content (AvgIpc) is 3.21. The fraction of sp³-hybridized carbons (Fsp3) is 0.364. The predicted molar refractivity (Wildman–Crippen MR) is 106 cm³/mol. The van der Waals surface area contributed by atoms with Gasteiger partial charge in [0.25, 0.3) is 11.8 Å². The number of ether oxygens (including phenoxy) is 2. The summed E-state index contributed by atoms with van der Waals surface area (Å²) in [5, 5.41) is 2.80. The number of anilines is 1. The van der Waals surface area contributed by atoms with Gasteiger partial charge in [0.05, 0.1) is 13.2 Å². The smallest absolute Gasteiger partial charge is 0.262 e. The van der Waals surface area contributed by atoms with Crippen LogP contribution < -0.4 is 10.1 Å². The molecule has 1 fully saturated rings. The van der Waals surface area contributed by atoms with Gasteiger partial charge in [-0.3, -0.25) is 9.59 Å². The Balaban J connectivity index is 1.29. The highest BCUT2D eigenvalue weighted by Gasteiger charge is 2.18. The van der Waals surface area contributed by atoms with E-state index in [1.807, 2.05) is 12.1 Å². The van der Waals surface area contributed by atoms with Gasteiger partial charge in [-0.25, -0.2) is 0 Å². The number of nitrogens with zero attached hydrogens (tertiary/aromatic N) is 1. The average molecular weight is 380 g/mol. The highest BCUT2D eigenvalue weighted by Crippen LogP contribution is 2.26. The number of fused-ring (bicyclic) bond motifs is 1. The number of aryl methyl sites for hydroxylation is 2. The van der Waals surface area contributed by atoms with Crippen LogP contribution in [-0.2, 0) is 22.4 Å². The van der Waals surface area contributed by atoms with Crippen LogP contribution in [0, 0.1) is 0 Å². The van der Waals surface area contributed by atoms with E-state index < -0.39 is 0 Å². The number of amides is 2. The lowest BCUT2D eigenvalue weighted by Crippen LogP contribution is -2.40. The van der Waals surface area contributed by atoms with Crippen molar-refractivity contribution in [2.75, 3.05) is 38.2 Å². The molecule has 0 saturated carbocycles. The summed E-state index contributed by atoms with van der Waals surface area (Å²) in [5.41, 5.74) is 3.94. The normalized spacial score (nSPS) is 15.8. The van der Waals surface area contributed by atoms with Crippen LogP contribution in [0.25, 0.3) is 0 Å². The van der Waals surface area contributed by atoms with Crippen LogP contribution in [0.15, 0.2) is 42.5 Å². The summed E-state index contributed by atoms with van der Waals surface area (Å²) in [6.07, 6.45) is 3.39. The Bertz CT molecular complexity index is 857. The Morgan fingerprint density at radius 2 is 1.75 bits per heavy atom. The zero-order valence-corrected chi connectivity index (χ0v) is 15.8. The molecular weight excluding hydrogens is 356 g/mol. The first-order valence-electron chi connectivity index (χ1n) is 9.70. The van der Waals surface area contributed by atoms with Crippen LogP contribution in [0.5, 0.6) is 5.75 Å². The van der Waals surface area contributed by atoms with Crippen molar-refractivity contribution in [3.63, 3.8) is 0 Å². The Morgan fingerprint density at radius 3 is 2.54 bits per heavy atom. The van der Waals surface area contributed by atoms with Crippen molar-refractivity contribution in [1.82, 2.24) is 4.90 Å². The van der Waals surface area contributed by atoms with E-state index in [2.05, 4.69) is 11.4 Å². The predicted octanol–water partition coefficient (Wildman–Crippen LogP) is 2.67. The number of benzene rings is 2. The molecule has 1 N–H and O–H groups in total. The maximum Gasteiger partial charge on any atom is 0.262 e. The number of hydrogen-bond donors (Lipinski definition) is 1. The quantitative estimate of drug-likeness (QED) is 0.866. The molecule has 0 radical (unpaired) electrons. The second-order valence-corrected chi connectivity index (χ2v) is 7.10. The first kappa shape index (κ1) is 18.5. The van der Waals surface area contributed by atoms with Crippen molar-refractivity contribution >= 4 is 17.5 Å². The fourth-order valence-corrected chi connectivity index (χ4v) is 3.63. The van der Waals surface area contributed by atoms with Crippen LogP contribution in [0.1, 0.15) is 27.9 Å². The first-order chi connectivity index (χ1) is 13.7. The third-order valence-electron chi connectivity index (χ3n) is 5.15. The second kappa shape index (κ2) is 8.44. The van der Waals surface area contributed by atoms with Gasteiger partial charge >= 0.3 is 0 Å². The Hall–Kier alpha value is -2.86. The van der Waals surface area contributed by atoms with E-state index in [0.29, 0.717) is 37.6 Å². The first-order valence-corrected chi connectivity index (χ1v) is 9.70. The molecule has 1 aliphatic heterocycles. The van der Waals surface area contributed by atoms with Crippen LogP contribution in [0.2, 0.25) is 0 Å². The van der Waals surface area contributed by atoms with Gasteiger partial charge in [0.1, 0.15) is 5.75 Å². The van der Waals surface area contributed by atoms with Gasteiger partial charge in [-0.05, 0) is 66.8 Å². The van der Waals surface area contributed by atoms with Gasteiger partial charge < -0.3 is 19.7 Å². The van der Waals surface area contributed by atoms with E-state index in [1.54, 1.807) is 29.2 Å². The molecule has 0 unspecified atom stereocenters. The standard InChI is InChI=1S/C22H24N2O4/c25-21(15-28-20-9-6-16-2-1-3-18(16)14-20)23-19-7-4-17(5-8-19)22(26)24-10-12-27-13-11-24/h4-9,14H,1-3,10-13,15H2,(H,23,25). The molecule has 2 aromatic carbocycles. The molecule has 1 heterocycles. The van der Waals surface area contributed by atoms with Gasteiger partial charge in [-0.15, -0.1) is 0 Å². The molecule has 6 nitrogen and oxygen atoms in total. The number of nitrogens with one attached hydrogen (secondary N) is 1. The zero-order valence-electron chi connectivity index (χ0n) is 15.8. The van der Waals surface area contributed by atoms with Crippen LogP contribution in [-0.4, -0.2) is 49.6 Å². The number of rotatable bonds is 5. The molecule has 0 bridgehead atoms. The Labute approximate surface area is 164 Å². The Morgan fingerprint density at radius 1 is 1.00 bits per heavy atom. The summed E-state index contributed by atoms with van der Waals surface area (Å²) in [6.45, 7) is 2.32. The van der Waals surface area contributed by atoms with Crippen molar-refractivity contribution in [2.45, 2.75) is 19.3 Å². The molecule has 1 aliphatic carbocycles. The molecule has 4 rings (SSSR count). The lowest BCUT2D eigenvalue weighted by atomic mass is 10.1. The van der Waals surface area contributed by atoms with Gasteiger partial charge in [0, 0.05) is 24.3 Å². The molecule has 2 amide bonds. The van der Waals surface area contributed by atoms with Crippen molar-refractivity contribution < 1.29 is 19.1 Å². The van der Waals surface area contributed by atoms with Crippen LogP contribution >= 0.6 is 0 Å². The summed E-state index contributed by atoms with van der Waals surface area (Å²) >= 11 is 0. The fourth-order valence-electron chi connectivity index (χ4n) is 3.63. The highest BCUT2D eigenvalue weighted by molar-refractivity contribution is 5.96. The van der Waals surface area contributed by atoms with Gasteiger partial charge in [-0.1, -0.05) is 6.07 Å². The lowest BCUT2D eigenvalue weighted by Gasteiger charge is -2.26. The highest BCUT2D eigenvalue weighted by atomic mass is 16.5. The van der Waals surface area contributed by atoms with Crippen molar-refractivity contribution in [3.05, 3.63) is 59.2 Å². The van der Waals surface area contributed by atoms with Gasteiger partial charge in [0.2, 0.25) is 0 Å². The van der Waals surface area contributed by atoms with E-state index in [4.69, 9.17) is 9.47 Å². The summed E-state index contributed by atoms with van der Waals surface area (Å²) in [4.78, 5) is 26.4. The topological polar surface area (TPSA) is 67.9 Å². The summed E-state index contributed by atoms with van der Waals surface area (Å²) in [5.74, 6) is 0.483. The molecule has 2 aromatic rings. The molecule has 0 spiro atoms. The lowest BCUT2D eigenvalue weighted by molar-refractivity contribution is -0.118. The zero-order chi connectivity index (χ0) is 19.3. The Kier molecular flexibility index (Phi) is 5.58. The second-order valence-electron chi connectivity index (χ2n) is 7.10. The molecule has 28 heavy (non-hydrogen) atoms. The van der Waals surface area contributed by atoms with E-state index in [0.717, 1.165) is 18.6 Å². The van der Waals surface area contributed by atoms with Crippen LogP contribution in [0.4, 0.5) is 5.69 Å².